The summed E-state index contributed by atoms with van der Waals surface area (Å²) >= 11 is 0. The van der Waals surface area contributed by atoms with E-state index in [-0.39, 0.29) is 29.9 Å². The van der Waals surface area contributed by atoms with Gasteiger partial charge in [0, 0.05) is 38.8 Å². The van der Waals surface area contributed by atoms with Gasteiger partial charge in [-0.2, -0.15) is 0 Å². The Morgan fingerprint density at radius 1 is 1.12 bits per heavy atom. The normalized spacial score (nSPS) is 24.4. The van der Waals surface area contributed by atoms with Crippen LogP contribution in [0.25, 0.3) is 0 Å². The van der Waals surface area contributed by atoms with Gasteiger partial charge in [0.1, 0.15) is 12.4 Å². The third-order valence-corrected chi connectivity index (χ3v) is 7.29. The van der Waals surface area contributed by atoms with Crippen molar-refractivity contribution in [1.29, 1.82) is 0 Å². The molecule has 32 heavy (non-hydrogen) atoms. The number of para-hydroxylation sites is 1. The minimum absolute atomic E-state index is 0.000305. The topological polar surface area (TPSA) is 68.3 Å². The SMILES string of the molecule is COCC(=O)N1CCC2(CCCCOC[C@@H]3CCCN3C(=O)c3ccccc3OC2)CC1. The lowest BCUT2D eigenvalue weighted by molar-refractivity contribution is -0.138. The quantitative estimate of drug-likeness (QED) is 0.701. The van der Waals surface area contributed by atoms with Gasteiger partial charge >= 0.3 is 0 Å². The Kier molecular flexibility index (Phi) is 7.68. The zero-order valence-corrected chi connectivity index (χ0v) is 19.2. The summed E-state index contributed by atoms with van der Waals surface area (Å²) in [7, 11) is 1.56. The number of fused-ring (bicyclic) bond motifs is 2. The van der Waals surface area contributed by atoms with Gasteiger partial charge in [-0.25, -0.2) is 0 Å². The maximum atomic E-state index is 13.4. The minimum Gasteiger partial charge on any atom is -0.492 e. The zero-order chi connectivity index (χ0) is 22.4. The second-order valence-corrected chi connectivity index (χ2v) is 9.43. The predicted molar refractivity (Wildman–Crippen MR) is 121 cm³/mol. The average Bonchev–Trinajstić information content (AvgIpc) is 3.28. The lowest BCUT2D eigenvalue weighted by Crippen LogP contribution is -2.46. The second-order valence-electron chi connectivity index (χ2n) is 9.43. The summed E-state index contributed by atoms with van der Waals surface area (Å²) in [5.74, 6) is 0.754. The van der Waals surface area contributed by atoms with Crippen molar-refractivity contribution < 1.29 is 23.8 Å². The van der Waals surface area contributed by atoms with E-state index >= 15 is 0 Å². The lowest BCUT2D eigenvalue weighted by atomic mass is 9.75. The number of hydrogen-bond donors (Lipinski definition) is 0. The second kappa shape index (κ2) is 10.7. The van der Waals surface area contributed by atoms with Crippen LogP contribution in [0.4, 0.5) is 0 Å². The summed E-state index contributed by atoms with van der Waals surface area (Å²) < 4.78 is 17.4. The number of carbonyl (C=O) groups excluding carboxylic acids is 2. The molecule has 2 fully saturated rings. The van der Waals surface area contributed by atoms with Crippen molar-refractivity contribution in [2.45, 2.75) is 51.0 Å². The Morgan fingerprint density at radius 3 is 2.75 bits per heavy atom. The van der Waals surface area contributed by atoms with Crippen molar-refractivity contribution in [1.82, 2.24) is 9.80 Å². The van der Waals surface area contributed by atoms with E-state index in [1.807, 2.05) is 34.1 Å². The molecule has 4 rings (SSSR count). The molecule has 0 unspecified atom stereocenters. The van der Waals surface area contributed by atoms with Crippen molar-refractivity contribution >= 4 is 11.8 Å². The van der Waals surface area contributed by atoms with E-state index in [0.29, 0.717) is 24.5 Å². The maximum Gasteiger partial charge on any atom is 0.257 e. The van der Waals surface area contributed by atoms with E-state index in [4.69, 9.17) is 14.2 Å². The van der Waals surface area contributed by atoms with Crippen molar-refractivity contribution in [3.63, 3.8) is 0 Å². The molecule has 2 amide bonds. The van der Waals surface area contributed by atoms with E-state index in [9.17, 15) is 9.59 Å². The van der Waals surface area contributed by atoms with E-state index in [1.165, 1.54) is 0 Å². The number of nitrogens with zero attached hydrogens (tertiary/aromatic N) is 2. The van der Waals surface area contributed by atoms with Crippen LogP contribution in [0.1, 0.15) is 55.3 Å². The number of amides is 2. The highest BCUT2D eigenvalue weighted by molar-refractivity contribution is 5.97. The molecule has 176 valence electrons. The summed E-state index contributed by atoms with van der Waals surface area (Å²) in [4.78, 5) is 29.5. The van der Waals surface area contributed by atoms with Crippen LogP contribution in [0.5, 0.6) is 5.75 Å². The van der Waals surface area contributed by atoms with E-state index in [1.54, 1.807) is 7.11 Å². The number of carbonyl (C=O) groups is 2. The first-order chi connectivity index (χ1) is 15.6. The molecule has 0 bridgehead atoms. The Morgan fingerprint density at radius 2 is 1.94 bits per heavy atom. The minimum atomic E-state index is 0.000305. The van der Waals surface area contributed by atoms with Crippen LogP contribution in [0.2, 0.25) is 0 Å². The van der Waals surface area contributed by atoms with E-state index < -0.39 is 0 Å². The van der Waals surface area contributed by atoms with Crippen LogP contribution in [0.3, 0.4) is 0 Å². The molecule has 0 saturated carbocycles. The van der Waals surface area contributed by atoms with Gasteiger partial charge in [-0.05, 0) is 50.7 Å². The number of methoxy groups -OCH3 is 1. The van der Waals surface area contributed by atoms with Gasteiger partial charge < -0.3 is 24.0 Å². The Hall–Kier alpha value is -2.12. The summed E-state index contributed by atoms with van der Waals surface area (Å²) in [6, 6.07) is 7.77. The fourth-order valence-corrected chi connectivity index (χ4v) is 5.27. The van der Waals surface area contributed by atoms with Crippen LogP contribution < -0.4 is 4.74 Å². The largest absolute Gasteiger partial charge is 0.492 e. The van der Waals surface area contributed by atoms with Crippen molar-refractivity contribution in [3.05, 3.63) is 29.8 Å². The molecule has 3 aliphatic rings. The van der Waals surface area contributed by atoms with Crippen LogP contribution in [-0.4, -0.2) is 80.8 Å². The van der Waals surface area contributed by atoms with Gasteiger partial charge in [0.2, 0.25) is 5.91 Å². The monoisotopic (exact) mass is 444 g/mol. The number of likely N-dealkylation sites (tertiary alicyclic amines) is 1. The molecule has 7 heteroatoms. The van der Waals surface area contributed by atoms with Gasteiger partial charge in [0.25, 0.3) is 5.91 Å². The molecule has 1 aromatic rings. The molecular formula is C25H36N2O5. The highest BCUT2D eigenvalue weighted by Gasteiger charge is 2.37. The first-order valence-corrected chi connectivity index (χ1v) is 12.0. The molecule has 0 radical (unpaired) electrons. The van der Waals surface area contributed by atoms with Crippen LogP contribution in [-0.2, 0) is 14.3 Å². The Labute approximate surface area is 191 Å². The standard InChI is InChI=1S/C25H36N2O5/c1-30-18-23(28)26-14-11-25(12-15-26)10-4-5-16-31-17-20-7-6-13-27(20)24(29)21-8-2-3-9-22(21)32-19-25/h2-3,8-9,20H,4-7,10-19H2,1H3/t20-/m0/s1. The number of piperidine rings is 1. The lowest BCUT2D eigenvalue weighted by Gasteiger charge is -2.42. The van der Waals surface area contributed by atoms with Crippen LogP contribution >= 0.6 is 0 Å². The summed E-state index contributed by atoms with van der Waals surface area (Å²) in [5, 5.41) is 0. The number of hydrogen-bond acceptors (Lipinski definition) is 5. The van der Waals surface area contributed by atoms with Gasteiger partial charge in [-0.3, -0.25) is 9.59 Å². The predicted octanol–water partition coefficient (Wildman–Crippen LogP) is 3.13. The van der Waals surface area contributed by atoms with Crippen LogP contribution in [0.15, 0.2) is 24.3 Å². The smallest absolute Gasteiger partial charge is 0.257 e. The third kappa shape index (κ3) is 5.26. The summed E-state index contributed by atoms with van der Waals surface area (Å²) in [6.07, 6.45) is 6.92. The van der Waals surface area contributed by atoms with Gasteiger partial charge in [-0.15, -0.1) is 0 Å². The number of benzene rings is 1. The van der Waals surface area contributed by atoms with Crippen molar-refractivity contribution in [3.8, 4) is 5.75 Å². The fraction of sp³-hybridized carbons (Fsp3) is 0.680. The highest BCUT2D eigenvalue weighted by atomic mass is 16.5. The van der Waals surface area contributed by atoms with Crippen molar-refractivity contribution in [2.24, 2.45) is 5.41 Å². The molecule has 7 nitrogen and oxygen atoms in total. The Balaban J connectivity index is 1.51. The third-order valence-electron chi connectivity index (χ3n) is 7.29. The van der Waals surface area contributed by atoms with E-state index in [0.717, 1.165) is 71.2 Å². The fourth-order valence-electron chi connectivity index (χ4n) is 5.27. The molecular weight excluding hydrogens is 408 g/mol. The molecule has 1 spiro atoms. The highest BCUT2D eigenvalue weighted by Crippen LogP contribution is 2.38. The molecule has 0 aliphatic carbocycles. The van der Waals surface area contributed by atoms with Crippen LogP contribution in [0, 0.1) is 5.41 Å². The average molecular weight is 445 g/mol. The molecule has 2 saturated heterocycles. The van der Waals surface area contributed by atoms with Crippen molar-refractivity contribution in [2.75, 3.05) is 53.2 Å². The first-order valence-electron chi connectivity index (χ1n) is 12.0. The zero-order valence-electron chi connectivity index (χ0n) is 19.2. The Bertz CT molecular complexity index is 790. The number of ether oxygens (including phenoxy) is 3. The molecule has 1 atom stereocenters. The van der Waals surface area contributed by atoms with Gasteiger partial charge in [-0.1, -0.05) is 18.6 Å². The molecule has 3 heterocycles. The number of rotatable bonds is 2. The van der Waals surface area contributed by atoms with E-state index in [2.05, 4.69) is 0 Å². The molecule has 0 aromatic heterocycles. The van der Waals surface area contributed by atoms with Gasteiger partial charge in [0.05, 0.1) is 24.8 Å². The maximum absolute atomic E-state index is 13.4. The first kappa shape index (κ1) is 23.1. The summed E-state index contributed by atoms with van der Waals surface area (Å²) in [5.41, 5.74) is 0.639. The molecule has 0 N–H and O–H groups in total. The summed E-state index contributed by atoms with van der Waals surface area (Å²) in [6.45, 7) is 4.25. The molecule has 1 aromatic carbocycles. The molecule has 3 aliphatic heterocycles. The van der Waals surface area contributed by atoms with Gasteiger partial charge in [0.15, 0.2) is 0 Å².